The normalized spacial score (nSPS) is 11.0. The van der Waals surface area contributed by atoms with Gasteiger partial charge in [-0.3, -0.25) is 9.69 Å². The molecule has 0 saturated carbocycles. The summed E-state index contributed by atoms with van der Waals surface area (Å²) < 4.78 is 6.29. The molecule has 0 spiro atoms. The third-order valence-corrected chi connectivity index (χ3v) is 4.55. The van der Waals surface area contributed by atoms with E-state index in [1.54, 1.807) is 0 Å². The summed E-state index contributed by atoms with van der Waals surface area (Å²) in [5, 5.41) is 6.94. The molecule has 1 amide bonds. The lowest BCUT2D eigenvalue weighted by molar-refractivity contribution is -0.117. The Labute approximate surface area is 166 Å². The van der Waals surface area contributed by atoms with Crippen molar-refractivity contribution in [3.05, 3.63) is 64.0 Å². The molecule has 140 valence electrons. The third-order valence-electron chi connectivity index (χ3n) is 4.06. The summed E-state index contributed by atoms with van der Waals surface area (Å²) >= 11 is 3.42. The van der Waals surface area contributed by atoms with E-state index in [9.17, 15) is 4.79 Å². The van der Waals surface area contributed by atoms with Crippen molar-refractivity contribution in [1.82, 2.24) is 15.0 Å². The molecule has 7 heteroatoms. The molecule has 2 aromatic carbocycles. The van der Waals surface area contributed by atoms with E-state index < -0.39 is 0 Å². The predicted molar refractivity (Wildman–Crippen MR) is 108 cm³/mol. The lowest BCUT2D eigenvalue weighted by Crippen LogP contribution is -2.30. The number of hydrogen-bond acceptors (Lipinski definition) is 5. The molecule has 0 aliphatic carbocycles. The molecule has 0 fully saturated rings. The van der Waals surface area contributed by atoms with Crippen LogP contribution in [0.15, 0.2) is 51.5 Å². The van der Waals surface area contributed by atoms with Crippen molar-refractivity contribution in [2.24, 2.45) is 0 Å². The predicted octanol–water partition coefficient (Wildman–Crippen LogP) is 4.19. The second-order valence-electron chi connectivity index (χ2n) is 6.56. The van der Waals surface area contributed by atoms with Crippen molar-refractivity contribution in [3.8, 4) is 11.4 Å². The molecule has 1 N–H and O–H groups in total. The molecule has 6 nitrogen and oxygen atoms in total. The Morgan fingerprint density at radius 2 is 1.93 bits per heavy atom. The Kier molecular flexibility index (Phi) is 6.03. The van der Waals surface area contributed by atoms with Crippen molar-refractivity contribution in [2.45, 2.75) is 20.4 Å². The Morgan fingerprint density at radius 1 is 1.19 bits per heavy atom. The van der Waals surface area contributed by atoms with E-state index in [1.165, 1.54) is 5.56 Å². The molecule has 27 heavy (non-hydrogen) atoms. The quantitative estimate of drug-likeness (QED) is 0.637. The van der Waals surface area contributed by atoms with Gasteiger partial charge in [-0.2, -0.15) is 4.98 Å². The Morgan fingerprint density at radius 3 is 2.63 bits per heavy atom. The van der Waals surface area contributed by atoms with Gasteiger partial charge < -0.3 is 9.84 Å². The monoisotopic (exact) mass is 428 g/mol. The number of nitrogens with one attached hydrogen (secondary N) is 1. The van der Waals surface area contributed by atoms with Crippen LogP contribution < -0.4 is 5.32 Å². The van der Waals surface area contributed by atoms with E-state index in [1.807, 2.05) is 68.3 Å². The number of nitrogens with zero attached hydrogens (tertiary/aromatic N) is 3. The molecule has 0 saturated heterocycles. The average Bonchev–Trinajstić information content (AvgIpc) is 3.06. The van der Waals surface area contributed by atoms with Crippen molar-refractivity contribution in [1.29, 1.82) is 0 Å². The topological polar surface area (TPSA) is 71.3 Å². The lowest BCUT2D eigenvalue weighted by atomic mass is 10.1. The molecular formula is C20H21BrN4O2. The number of anilines is 1. The van der Waals surface area contributed by atoms with Crippen LogP contribution in [0.1, 0.15) is 17.0 Å². The summed E-state index contributed by atoms with van der Waals surface area (Å²) in [7, 11) is 1.84. The first kappa shape index (κ1) is 19.3. The van der Waals surface area contributed by atoms with Crippen LogP contribution in [0, 0.1) is 13.8 Å². The van der Waals surface area contributed by atoms with Crippen molar-refractivity contribution >= 4 is 27.5 Å². The number of halogens is 1. The van der Waals surface area contributed by atoms with Gasteiger partial charge in [0.05, 0.1) is 13.1 Å². The third kappa shape index (κ3) is 5.24. The Hall–Kier alpha value is -2.51. The fourth-order valence-electron chi connectivity index (χ4n) is 2.63. The van der Waals surface area contributed by atoms with Gasteiger partial charge in [0.1, 0.15) is 0 Å². The number of hydrogen-bond donors (Lipinski definition) is 1. The fraction of sp³-hybridized carbons (Fsp3) is 0.250. The maximum atomic E-state index is 12.3. The van der Waals surface area contributed by atoms with Gasteiger partial charge in [0.15, 0.2) is 0 Å². The van der Waals surface area contributed by atoms with E-state index >= 15 is 0 Å². The highest BCUT2D eigenvalue weighted by molar-refractivity contribution is 9.10. The maximum absolute atomic E-state index is 12.3. The summed E-state index contributed by atoms with van der Waals surface area (Å²) in [6.07, 6.45) is 0. The summed E-state index contributed by atoms with van der Waals surface area (Å²) in [6, 6.07) is 13.7. The molecule has 3 aromatic rings. The van der Waals surface area contributed by atoms with Crippen molar-refractivity contribution in [2.75, 3.05) is 18.9 Å². The number of likely N-dealkylation sites (N-methyl/N-ethyl adjacent to an activating group) is 1. The van der Waals surface area contributed by atoms with Gasteiger partial charge in [-0.15, -0.1) is 0 Å². The molecule has 3 rings (SSSR count). The van der Waals surface area contributed by atoms with Gasteiger partial charge in [0, 0.05) is 15.7 Å². The highest BCUT2D eigenvalue weighted by Crippen LogP contribution is 2.20. The molecular weight excluding hydrogens is 408 g/mol. The van der Waals surface area contributed by atoms with E-state index in [4.69, 9.17) is 4.52 Å². The van der Waals surface area contributed by atoms with Gasteiger partial charge in [-0.25, -0.2) is 0 Å². The standard InChI is InChI=1S/C20H21BrN4O2/c1-13-4-6-15(7-5-13)20-23-19(27-24-20)12-25(3)11-18(26)22-17-9-8-16(21)10-14(17)2/h4-10H,11-12H2,1-3H3,(H,22,26). The van der Waals surface area contributed by atoms with Crippen molar-refractivity contribution < 1.29 is 9.32 Å². The van der Waals surface area contributed by atoms with Crippen molar-refractivity contribution in [3.63, 3.8) is 0 Å². The van der Waals surface area contributed by atoms with Gasteiger partial charge >= 0.3 is 0 Å². The number of aromatic nitrogens is 2. The van der Waals surface area contributed by atoms with E-state index in [2.05, 4.69) is 31.4 Å². The van der Waals surface area contributed by atoms with Crippen LogP contribution >= 0.6 is 15.9 Å². The van der Waals surface area contributed by atoms with Crippen LogP contribution in [-0.2, 0) is 11.3 Å². The first-order valence-corrected chi connectivity index (χ1v) is 9.34. The minimum atomic E-state index is -0.0961. The molecule has 1 heterocycles. The van der Waals surface area contributed by atoms with Gasteiger partial charge in [-0.05, 0) is 44.7 Å². The summed E-state index contributed by atoms with van der Waals surface area (Å²) in [5.74, 6) is 0.926. The second-order valence-corrected chi connectivity index (χ2v) is 7.47. The highest BCUT2D eigenvalue weighted by atomic mass is 79.9. The largest absolute Gasteiger partial charge is 0.338 e. The average molecular weight is 429 g/mol. The lowest BCUT2D eigenvalue weighted by Gasteiger charge is -2.15. The first-order valence-electron chi connectivity index (χ1n) is 8.55. The molecule has 0 aliphatic rings. The molecule has 0 bridgehead atoms. The zero-order chi connectivity index (χ0) is 19.4. The van der Waals surface area contributed by atoms with Crippen LogP contribution in [0.5, 0.6) is 0 Å². The zero-order valence-corrected chi connectivity index (χ0v) is 17.1. The number of aryl methyl sites for hydroxylation is 2. The smallest absolute Gasteiger partial charge is 0.241 e. The SMILES string of the molecule is Cc1ccc(-c2noc(CN(C)CC(=O)Nc3ccc(Br)cc3C)n2)cc1. The summed E-state index contributed by atoms with van der Waals surface area (Å²) in [6.45, 7) is 4.60. The zero-order valence-electron chi connectivity index (χ0n) is 15.5. The molecule has 1 aromatic heterocycles. The molecule has 0 atom stereocenters. The maximum Gasteiger partial charge on any atom is 0.241 e. The number of carbonyl (C=O) groups is 1. The first-order chi connectivity index (χ1) is 12.9. The van der Waals surface area contributed by atoms with E-state index in [0.29, 0.717) is 18.3 Å². The minimum Gasteiger partial charge on any atom is -0.338 e. The number of carbonyl (C=O) groups excluding carboxylic acids is 1. The highest BCUT2D eigenvalue weighted by Gasteiger charge is 2.13. The summed E-state index contributed by atoms with van der Waals surface area (Å²) in [5.41, 5.74) is 3.88. The van der Waals surface area contributed by atoms with Crippen LogP contribution in [0.2, 0.25) is 0 Å². The molecule has 0 radical (unpaired) electrons. The van der Waals surface area contributed by atoms with Gasteiger partial charge in [0.25, 0.3) is 0 Å². The van der Waals surface area contributed by atoms with E-state index in [0.717, 1.165) is 21.3 Å². The van der Waals surface area contributed by atoms with Gasteiger partial charge in [0.2, 0.25) is 17.6 Å². The Bertz CT molecular complexity index is 937. The van der Waals surface area contributed by atoms with Crippen LogP contribution in [-0.4, -0.2) is 34.5 Å². The number of rotatable bonds is 6. The van der Waals surface area contributed by atoms with Gasteiger partial charge in [-0.1, -0.05) is 50.9 Å². The Balaban J connectivity index is 1.56. The van der Waals surface area contributed by atoms with Crippen LogP contribution in [0.25, 0.3) is 11.4 Å². The van der Waals surface area contributed by atoms with E-state index in [-0.39, 0.29) is 12.5 Å². The number of benzene rings is 2. The van der Waals surface area contributed by atoms with Crippen LogP contribution in [0.3, 0.4) is 0 Å². The molecule has 0 aliphatic heterocycles. The number of amides is 1. The van der Waals surface area contributed by atoms with Crippen LogP contribution in [0.4, 0.5) is 5.69 Å². The minimum absolute atomic E-state index is 0.0961. The summed E-state index contributed by atoms with van der Waals surface area (Å²) in [4.78, 5) is 18.5. The fourth-order valence-corrected chi connectivity index (χ4v) is 3.10. The molecule has 0 unspecified atom stereocenters. The second kappa shape index (κ2) is 8.45.